The van der Waals surface area contributed by atoms with Crippen LogP contribution in [0.1, 0.15) is 16.7 Å². The number of rotatable bonds is 7. The Morgan fingerprint density at radius 1 is 1.05 bits per heavy atom. The number of ether oxygens (including phenoxy) is 2. The lowest BCUT2D eigenvalue weighted by molar-refractivity contribution is 0.282. The number of fused-ring (bicyclic) bond motifs is 2. The van der Waals surface area contributed by atoms with Gasteiger partial charge in [0.1, 0.15) is 12.2 Å². The van der Waals surface area contributed by atoms with Crippen molar-refractivity contribution in [3.05, 3.63) is 120 Å². The van der Waals surface area contributed by atoms with Crippen molar-refractivity contribution in [1.82, 2.24) is 9.66 Å². The highest BCUT2D eigenvalue weighted by Crippen LogP contribution is 2.34. The lowest BCUT2D eigenvalue weighted by Gasteiger charge is -2.14. The summed E-state index contributed by atoms with van der Waals surface area (Å²) in [5, 5.41) is 5.93. The average Bonchev–Trinajstić information content (AvgIpc) is 3.39. The second kappa shape index (κ2) is 11.5. The smallest absolute Gasteiger partial charge is 0.282 e. The topological polar surface area (TPSA) is 78.9 Å². The largest absolute Gasteiger partial charge is 0.493 e. The van der Waals surface area contributed by atoms with Crippen molar-refractivity contribution >= 4 is 66.6 Å². The van der Waals surface area contributed by atoms with Crippen LogP contribution in [0.15, 0.2) is 104 Å². The summed E-state index contributed by atoms with van der Waals surface area (Å²) in [6.45, 7) is 2.47. The highest BCUT2D eigenvalue weighted by Gasteiger charge is 2.17. The van der Waals surface area contributed by atoms with Crippen molar-refractivity contribution in [1.29, 1.82) is 0 Å². The maximum Gasteiger partial charge on any atom is 0.282 e. The number of aryl methyl sites for hydroxylation is 1. The molecule has 0 saturated heterocycles. The van der Waals surface area contributed by atoms with Crippen molar-refractivity contribution in [2.24, 2.45) is 5.10 Å². The van der Waals surface area contributed by atoms with Crippen molar-refractivity contribution in [3.8, 4) is 23.1 Å². The van der Waals surface area contributed by atoms with Crippen LogP contribution in [0.25, 0.3) is 33.5 Å². The fourth-order valence-electron chi connectivity index (χ4n) is 4.55. The number of aromatic nitrogens is 2. The van der Waals surface area contributed by atoms with Crippen molar-refractivity contribution < 1.29 is 13.9 Å². The van der Waals surface area contributed by atoms with Crippen molar-refractivity contribution in [3.63, 3.8) is 0 Å². The van der Waals surface area contributed by atoms with Crippen LogP contribution in [0.3, 0.4) is 0 Å². The van der Waals surface area contributed by atoms with Crippen LogP contribution in [0.2, 0.25) is 0 Å². The first-order chi connectivity index (χ1) is 19.9. The molecule has 0 amide bonds. The average molecular weight is 720 g/mol. The van der Waals surface area contributed by atoms with E-state index in [1.165, 1.54) is 10.2 Å². The quantitative estimate of drug-likeness (QED) is 0.124. The monoisotopic (exact) mass is 719 g/mol. The molecule has 0 unspecified atom stereocenters. The molecular weight excluding hydrogens is 697 g/mol. The number of benzene rings is 4. The zero-order valence-corrected chi connectivity index (χ0v) is 25.8. The molecule has 0 N–H and O–H groups in total. The molecule has 9 heteroatoms. The summed E-state index contributed by atoms with van der Waals surface area (Å²) in [4.78, 5) is 18.4. The van der Waals surface area contributed by atoms with E-state index in [2.05, 4.69) is 62.7 Å². The Kier molecular flexibility index (Phi) is 7.63. The minimum atomic E-state index is -0.303. The van der Waals surface area contributed by atoms with Gasteiger partial charge in [0, 0.05) is 9.86 Å². The Bertz CT molecular complexity index is 2020. The molecule has 2 aromatic heterocycles. The summed E-state index contributed by atoms with van der Waals surface area (Å²) >= 11 is 5.72. The van der Waals surface area contributed by atoms with Gasteiger partial charge in [-0.25, -0.2) is 4.98 Å². The third-order valence-corrected chi connectivity index (χ3v) is 7.79. The number of methoxy groups -OCH3 is 1. The van der Waals surface area contributed by atoms with E-state index in [1.54, 1.807) is 31.5 Å². The number of furan rings is 1. The number of nitrogens with zero attached hydrogens (tertiary/aromatic N) is 3. The molecule has 6 rings (SSSR count). The molecule has 0 fully saturated rings. The van der Waals surface area contributed by atoms with Gasteiger partial charge in [-0.15, -0.1) is 0 Å². The Morgan fingerprint density at radius 3 is 2.73 bits per heavy atom. The maximum atomic E-state index is 13.6. The van der Waals surface area contributed by atoms with Gasteiger partial charge in [-0.1, -0.05) is 57.9 Å². The molecule has 41 heavy (non-hydrogen) atoms. The molecule has 0 saturated carbocycles. The molecule has 0 bridgehead atoms. The fraction of sp³-hybridized carbons (Fsp3) is 0.0938. The molecule has 0 aliphatic heterocycles. The van der Waals surface area contributed by atoms with Gasteiger partial charge in [-0.3, -0.25) is 4.79 Å². The predicted octanol–water partition coefficient (Wildman–Crippen LogP) is 7.96. The molecule has 4 aromatic carbocycles. The van der Waals surface area contributed by atoms with Crippen LogP contribution in [0, 0.1) is 10.5 Å². The van der Waals surface area contributed by atoms with E-state index in [0.717, 1.165) is 24.6 Å². The molecule has 2 heterocycles. The van der Waals surface area contributed by atoms with E-state index in [-0.39, 0.29) is 5.56 Å². The third kappa shape index (κ3) is 5.64. The SMILES string of the molecule is COc1cc(C=Nn2c(-c3cc4cc(Br)ccc4o3)nc3ccccc3c2=O)cc(I)c1OCc1cccc(C)c1. The van der Waals surface area contributed by atoms with Gasteiger partial charge in [0.15, 0.2) is 17.3 Å². The second-order valence-electron chi connectivity index (χ2n) is 9.42. The Labute approximate surface area is 257 Å². The van der Waals surface area contributed by atoms with Crippen LogP contribution in [0.5, 0.6) is 11.5 Å². The first-order valence-electron chi connectivity index (χ1n) is 12.7. The molecule has 0 aliphatic carbocycles. The molecule has 6 aromatic rings. The Morgan fingerprint density at radius 2 is 1.90 bits per heavy atom. The number of para-hydroxylation sites is 1. The molecule has 0 radical (unpaired) electrons. The zero-order valence-electron chi connectivity index (χ0n) is 22.1. The first kappa shape index (κ1) is 27.2. The van der Waals surface area contributed by atoms with E-state index in [0.29, 0.717) is 46.2 Å². The molecular formula is C32H23BrIN3O4. The van der Waals surface area contributed by atoms with Gasteiger partial charge in [-0.2, -0.15) is 9.78 Å². The minimum absolute atomic E-state index is 0.303. The second-order valence-corrected chi connectivity index (χ2v) is 11.5. The zero-order chi connectivity index (χ0) is 28.5. The van der Waals surface area contributed by atoms with Crippen LogP contribution in [-0.4, -0.2) is 23.0 Å². The number of hydrogen-bond donors (Lipinski definition) is 0. The van der Waals surface area contributed by atoms with Gasteiger partial charge in [-0.05, 0) is 89.2 Å². The number of halogens is 2. The predicted molar refractivity (Wildman–Crippen MR) is 173 cm³/mol. The van der Waals surface area contributed by atoms with Crippen LogP contribution < -0.4 is 15.0 Å². The highest BCUT2D eigenvalue weighted by atomic mass is 127. The van der Waals surface area contributed by atoms with Gasteiger partial charge in [0.25, 0.3) is 5.56 Å². The lowest BCUT2D eigenvalue weighted by atomic mass is 10.1. The molecule has 7 nitrogen and oxygen atoms in total. The fourth-order valence-corrected chi connectivity index (χ4v) is 5.71. The van der Waals surface area contributed by atoms with Gasteiger partial charge in [0.2, 0.25) is 5.82 Å². The summed E-state index contributed by atoms with van der Waals surface area (Å²) in [6.07, 6.45) is 1.61. The molecule has 0 aliphatic rings. The van der Waals surface area contributed by atoms with Crippen molar-refractivity contribution in [2.45, 2.75) is 13.5 Å². The van der Waals surface area contributed by atoms with Gasteiger partial charge >= 0.3 is 0 Å². The summed E-state index contributed by atoms with van der Waals surface area (Å²) < 4.78 is 20.9. The molecule has 0 spiro atoms. The van der Waals surface area contributed by atoms with Gasteiger partial charge in [0.05, 0.1) is 27.8 Å². The van der Waals surface area contributed by atoms with E-state index < -0.39 is 0 Å². The minimum Gasteiger partial charge on any atom is -0.493 e. The number of hydrogen-bond acceptors (Lipinski definition) is 6. The van der Waals surface area contributed by atoms with Crippen LogP contribution >= 0.6 is 38.5 Å². The van der Waals surface area contributed by atoms with E-state index in [4.69, 9.17) is 18.9 Å². The third-order valence-electron chi connectivity index (χ3n) is 6.49. The lowest BCUT2D eigenvalue weighted by Crippen LogP contribution is -2.20. The van der Waals surface area contributed by atoms with E-state index in [9.17, 15) is 4.79 Å². The summed E-state index contributed by atoms with van der Waals surface area (Å²) in [6, 6.07) is 26.7. The van der Waals surface area contributed by atoms with Gasteiger partial charge < -0.3 is 13.9 Å². The van der Waals surface area contributed by atoms with Crippen LogP contribution in [-0.2, 0) is 6.61 Å². The summed E-state index contributed by atoms with van der Waals surface area (Å²) in [5.41, 5.74) is 3.92. The Hall–Kier alpha value is -3.96. The Balaban J connectivity index is 1.40. The normalized spacial score (nSPS) is 11.5. The van der Waals surface area contributed by atoms with E-state index in [1.807, 2.05) is 54.6 Å². The summed E-state index contributed by atoms with van der Waals surface area (Å²) in [7, 11) is 1.60. The first-order valence-corrected chi connectivity index (χ1v) is 14.6. The van der Waals surface area contributed by atoms with Crippen LogP contribution in [0.4, 0.5) is 0 Å². The standard InChI is InChI=1S/C32H23BrIN3O4/c1-19-6-5-7-20(12-19)18-40-30-25(34)13-21(14-28(30)39-2)17-35-37-31(36-26-9-4-3-8-24(26)32(37)38)29-16-22-15-23(33)10-11-27(22)41-29/h3-17H,18H2,1-2H3. The summed E-state index contributed by atoms with van der Waals surface area (Å²) in [5.74, 6) is 1.95. The van der Waals surface area contributed by atoms with Crippen molar-refractivity contribution in [2.75, 3.05) is 7.11 Å². The molecule has 204 valence electrons. The maximum absolute atomic E-state index is 13.6. The highest BCUT2D eigenvalue weighted by molar-refractivity contribution is 14.1. The van der Waals surface area contributed by atoms with E-state index >= 15 is 0 Å². The molecule has 0 atom stereocenters.